The summed E-state index contributed by atoms with van der Waals surface area (Å²) in [6.45, 7) is 3.99. The van der Waals surface area contributed by atoms with Crippen LogP contribution in [0.25, 0.3) is 0 Å². The van der Waals surface area contributed by atoms with Gasteiger partial charge in [0.15, 0.2) is 0 Å². The first kappa shape index (κ1) is 11.1. The summed E-state index contributed by atoms with van der Waals surface area (Å²) < 4.78 is 0. The van der Waals surface area contributed by atoms with Crippen molar-refractivity contribution in [1.29, 1.82) is 0 Å². The smallest absolute Gasteiger partial charge is 0.245 e. The number of amides is 2. The van der Waals surface area contributed by atoms with Gasteiger partial charge in [-0.25, -0.2) is 0 Å². The standard InChI is InChI=1S/C11H14N2O2S/c1-7-11(15)13(8(2)10(14)12-7)5-9-3-4-16-6-9/h3-4,6-8H,5H2,1-2H3,(H,12,14). The van der Waals surface area contributed by atoms with Crippen molar-refractivity contribution < 1.29 is 9.59 Å². The van der Waals surface area contributed by atoms with Crippen molar-refractivity contribution in [3.05, 3.63) is 22.4 Å². The molecule has 1 saturated heterocycles. The van der Waals surface area contributed by atoms with Crippen LogP contribution < -0.4 is 5.32 Å². The lowest BCUT2D eigenvalue weighted by Crippen LogP contribution is -2.60. The highest BCUT2D eigenvalue weighted by atomic mass is 32.1. The van der Waals surface area contributed by atoms with E-state index in [0.29, 0.717) is 6.54 Å². The molecule has 4 nitrogen and oxygen atoms in total. The van der Waals surface area contributed by atoms with Crippen LogP contribution in [0.4, 0.5) is 0 Å². The van der Waals surface area contributed by atoms with Crippen LogP contribution in [0.2, 0.25) is 0 Å². The number of thiophene rings is 1. The molecule has 2 atom stereocenters. The van der Waals surface area contributed by atoms with Crippen LogP contribution in [-0.2, 0) is 16.1 Å². The van der Waals surface area contributed by atoms with E-state index in [-0.39, 0.29) is 17.9 Å². The van der Waals surface area contributed by atoms with E-state index in [2.05, 4.69) is 5.32 Å². The van der Waals surface area contributed by atoms with Gasteiger partial charge in [-0.2, -0.15) is 11.3 Å². The van der Waals surface area contributed by atoms with Gasteiger partial charge in [0, 0.05) is 6.54 Å². The minimum Gasteiger partial charge on any atom is -0.343 e. The lowest BCUT2D eigenvalue weighted by atomic mass is 10.1. The molecule has 0 saturated carbocycles. The number of rotatable bonds is 2. The molecule has 1 aromatic heterocycles. The molecule has 2 amide bonds. The predicted octanol–water partition coefficient (Wildman–Crippen LogP) is 0.983. The molecule has 2 rings (SSSR count). The first-order valence-corrected chi connectivity index (χ1v) is 6.16. The Morgan fingerprint density at radius 2 is 2.19 bits per heavy atom. The minimum absolute atomic E-state index is 0.0155. The van der Waals surface area contributed by atoms with Crippen LogP contribution >= 0.6 is 11.3 Å². The van der Waals surface area contributed by atoms with Crippen LogP contribution in [0.1, 0.15) is 19.4 Å². The number of hydrogen-bond donors (Lipinski definition) is 1. The predicted molar refractivity (Wildman–Crippen MR) is 61.9 cm³/mol. The first-order valence-electron chi connectivity index (χ1n) is 5.21. The molecule has 1 aliphatic rings. The fourth-order valence-corrected chi connectivity index (χ4v) is 2.43. The topological polar surface area (TPSA) is 49.4 Å². The monoisotopic (exact) mass is 238 g/mol. The maximum atomic E-state index is 11.9. The Hall–Kier alpha value is -1.36. The highest BCUT2D eigenvalue weighted by Gasteiger charge is 2.35. The molecule has 0 radical (unpaired) electrons. The minimum atomic E-state index is -0.415. The fraction of sp³-hybridized carbons (Fsp3) is 0.455. The number of nitrogens with one attached hydrogen (secondary N) is 1. The van der Waals surface area contributed by atoms with Gasteiger partial charge in [0.05, 0.1) is 0 Å². The van der Waals surface area contributed by atoms with Crippen molar-refractivity contribution in [3.8, 4) is 0 Å². The van der Waals surface area contributed by atoms with Crippen molar-refractivity contribution in [2.24, 2.45) is 0 Å². The Kier molecular flexibility index (Phi) is 2.96. The van der Waals surface area contributed by atoms with Gasteiger partial charge < -0.3 is 10.2 Å². The average Bonchev–Trinajstić information content (AvgIpc) is 2.74. The summed E-state index contributed by atoms with van der Waals surface area (Å²) in [4.78, 5) is 25.1. The van der Waals surface area contributed by atoms with Crippen LogP contribution in [0.3, 0.4) is 0 Å². The Balaban J connectivity index is 2.17. The highest BCUT2D eigenvalue weighted by molar-refractivity contribution is 7.07. The van der Waals surface area contributed by atoms with Gasteiger partial charge in [0.2, 0.25) is 11.8 Å². The van der Waals surface area contributed by atoms with Crippen molar-refractivity contribution in [2.75, 3.05) is 0 Å². The van der Waals surface area contributed by atoms with Crippen molar-refractivity contribution in [3.63, 3.8) is 0 Å². The van der Waals surface area contributed by atoms with Crippen LogP contribution in [-0.4, -0.2) is 28.8 Å². The third-order valence-electron chi connectivity index (χ3n) is 2.79. The summed E-state index contributed by atoms with van der Waals surface area (Å²) >= 11 is 1.59. The molecular formula is C11H14N2O2S. The van der Waals surface area contributed by atoms with Crippen molar-refractivity contribution in [1.82, 2.24) is 10.2 Å². The molecule has 1 aliphatic heterocycles. The fourth-order valence-electron chi connectivity index (χ4n) is 1.77. The van der Waals surface area contributed by atoms with E-state index in [1.165, 1.54) is 0 Å². The molecule has 5 heteroatoms. The lowest BCUT2D eigenvalue weighted by molar-refractivity contribution is -0.148. The Labute approximate surface area is 98.3 Å². The summed E-state index contributed by atoms with van der Waals surface area (Å²) in [5.74, 6) is -0.0966. The third kappa shape index (κ3) is 1.95. The average molecular weight is 238 g/mol. The summed E-state index contributed by atoms with van der Waals surface area (Å²) in [5.41, 5.74) is 1.08. The molecule has 0 aromatic carbocycles. The number of piperazine rings is 1. The molecule has 86 valence electrons. The maximum absolute atomic E-state index is 11.9. The lowest BCUT2D eigenvalue weighted by Gasteiger charge is -2.35. The quantitative estimate of drug-likeness (QED) is 0.835. The second-order valence-corrected chi connectivity index (χ2v) is 4.78. The second kappa shape index (κ2) is 4.25. The van der Waals surface area contributed by atoms with Crippen LogP contribution in [0.15, 0.2) is 16.8 Å². The second-order valence-electron chi connectivity index (χ2n) is 4.00. The molecule has 1 N–H and O–H groups in total. The van der Waals surface area contributed by atoms with E-state index < -0.39 is 6.04 Å². The molecule has 2 unspecified atom stereocenters. The number of hydrogen-bond acceptors (Lipinski definition) is 3. The molecule has 16 heavy (non-hydrogen) atoms. The largest absolute Gasteiger partial charge is 0.343 e. The van der Waals surface area contributed by atoms with E-state index in [9.17, 15) is 9.59 Å². The number of carbonyl (C=O) groups excluding carboxylic acids is 2. The molecule has 0 bridgehead atoms. The summed E-state index contributed by atoms with van der Waals surface area (Å²) in [6.07, 6.45) is 0. The van der Waals surface area contributed by atoms with Gasteiger partial charge >= 0.3 is 0 Å². The van der Waals surface area contributed by atoms with E-state index in [4.69, 9.17) is 0 Å². The maximum Gasteiger partial charge on any atom is 0.245 e. The van der Waals surface area contributed by atoms with Crippen LogP contribution in [0.5, 0.6) is 0 Å². The van der Waals surface area contributed by atoms with Gasteiger partial charge in [0.25, 0.3) is 0 Å². The zero-order valence-corrected chi connectivity index (χ0v) is 10.1. The third-order valence-corrected chi connectivity index (χ3v) is 3.52. The van der Waals surface area contributed by atoms with Crippen molar-refractivity contribution >= 4 is 23.2 Å². The Bertz CT molecular complexity index is 402. The SMILES string of the molecule is CC1NC(=O)C(C)N(Cc2ccsc2)C1=O. The van der Waals surface area contributed by atoms with E-state index in [1.54, 1.807) is 30.1 Å². The molecular weight excluding hydrogens is 224 g/mol. The van der Waals surface area contributed by atoms with Gasteiger partial charge in [-0.3, -0.25) is 9.59 Å². The summed E-state index contributed by atoms with van der Waals surface area (Å²) in [6, 6.07) is 1.17. The molecule has 1 fully saturated rings. The van der Waals surface area contributed by atoms with Gasteiger partial charge in [-0.1, -0.05) is 0 Å². The number of carbonyl (C=O) groups is 2. The molecule has 0 aliphatic carbocycles. The number of nitrogens with zero attached hydrogens (tertiary/aromatic N) is 1. The normalized spacial score (nSPS) is 25.8. The molecule has 0 spiro atoms. The van der Waals surface area contributed by atoms with Crippen molar-refractivity contribution in [2.45, 2.75) is 32.5 Å². The highest BCUT2D eigenvalue weighted by Crippen LogP contribution is 2.16. The van der Waals surface area contributed by atoms with E-state index in [0.717, 1.165) is 5.56 Å². The van der Waals surface area contributed by atoms with Gasteiger partial charge in [0.1, 0.15) is 12.1 Å². The zero-order chi connectivity index (χ0) is 11.7. The molecule has 1 aromatic rings. The van der Waals surface area contributed by atoms with E-state index in [1.807, 2.05) is 16.8 Å². The van der Waals surface area contributed by atoms with E-state index >= 15 is 0 Å². The first-order chi connectivity index (χ1) is 7.59. The Morgan fingerprint density at radius 1 is 1.44 bits per heavy atom. The zero-order valence-electron chi connectivity index (χ0n) is 9.27. The summed E-state index contributed by atoms with van der Waals surface area (Å²) in [7, 11) is 0. The Morgan fingerprint density at radius 3 is 2.81 bits per heavy atom. The summed E-state index contributed by atoms with van der Waals surface area (Å²) in [5, 5.41) is 6.63. The molecule has 2 heterocycles. The van der Waals surface area contributed by atoms with Gasteiger partial charge in [-0.05, 0) is 36.2 Å². The van der Waals surface area contributed by atoms with Crippen LogP contribution in [0, 0.1) is 0 Å². The van der Waals surface area contributed by atoms with Gasteiger partial charge in [-0.15, -0.1) is 0 Å².